The van der Waals surface area contributed by atoms with E-state index >= 15 is 0 Å². The van der Waals surface area contributed by atoms with Crippen LogP contribution in [0.15, 0.2) is 40.7 Å². The number of phosphoric acid groups is 3. The second-order valence-electron chi connectivity index (χ2n) is 20.5. The number of nitrogens with two attached hydrogens (primary N) is 3. The van der Waals surface area contributed by atoms with Crippen LogP contribution in [0.4, 0.5) is 11.5 Å². The van der Waals surface area contributed by atoms with E-state index < -0.39 is 113 Å². The average Bonchev–Trinajstić information content (AvgIpc) is 3.15. The van der Waals surface area contributed by atoms with Gasteiger partial charge in [0.1, 0.15) is 53.2 Å². The van der Waals surface area contributed by atoms with Crippen LogP contribution in [0.2, 0.25) is 0 Å². The molecule has 3 aromatic rings. The number of hydrogen-bond acceptors (Lipinski definition) is 23. The third kappa shape index (κ3) is 18.1. The summed E-state index contributed by atoms with van der Waals surface area (Å²) in [6.45, 7) is 4.85. The van der Waals surface area contributed by atoms with Gasteiger partial charge in [-0.05, 0) is 55.6 Å². The van der Waals surface area contributed by atoms with Crippen molar-refractivity contribution < 1.29 is 93.7 Å². The second-order valence-corrected chi connectivity index (χ2v) is 27.5. The molecule has 0 radical (unpaired) electrons. The lowest BCUT2D eigenvalue weighted by Gasteiger charge is -2.39. The van der Waals surface area contributed by atoms with Gasteiger partial charge in [-0.15, -0.1) is 0 Å². The number of guanidine groups is 1. The van der Waals surface area contributed by atoms with E-state index in [9.17, 15) is 71.1 Å². The molecule has 0 spiro atoms. The lowest BCUT2D eigenvalue weighted by molar-refractivity contribution is -0.141. The largest absolute Gasteiger partial charge is 0.481 e. The van der Waals surface area contributed by atoms with Crippen LogP contribution >= 0.6 is 35.2 Å². The summed E-state index contributed by atoms with van der Waals surface area (Å²) >= 11 is 0.876. The molecule has 3 aliphatic rings. The number of carbonyl (C=O) groups is 4. The number of amides is 3. The zero-order chi connectivity index (χ0) is 60.5. The number of rotatable bonds is 28. The Labute approximate surface area is 475 Å². The fraction of sp³-hybridized carbons (Fsp3) is 0.636. The zero-order valence-corrected chi connectivity index (χ0v) is 49.3. The van der Waals surface area contributed by atoms with Gasteiger partial charge >= 0.3 is 23.5 Å². The summed E-state index contributed by atoms with van der Waals surface area (Å²) in [5.74, 6) is -2.02. The monoisotopic (exact) mass is 1260 g/mol. The van der Waals surface area contributed by atoms with Crippen LogP contribution < -0.4 is 37.9 Å². The standard InChI is InChI=1S/C44H70N13O20P3S2/c1-24-11-15-56(40(62)27(8-6-12-50-43(46)47)55-82(71,72)30-9-5-7-26-17-25(2)19-51-32(26)30)28(18-24)42(63)81-16-14-48-31(58)10-13-49-39(61)36(60)44(3,4)21-74-80(69,70)77-79(67,68)73-20-29-35(76-78(64,65)66)34(59)41(75-29)57-23-54-33-37(45)52-22-53-38(33)57/h5,7,9,22-25,27-29,34-36,41,51,55,59-60H,6,8,10-21H2,1-4H3,(H,48,58)(H,49,61)(H,67,68)(H,69,70)(H2,45,52,53)(H4,46,47,50)(H2,64,65,66)/t24-,25-,27+,28-,29?,34?,35?,36?,41?/m1/s1. The van der Waals surface area contributed by atoms with Crippen LogP contribution in [0.1, 0.15) is 71.6 Å². The number of phosphoric ester groups is 3. The van der Waals surface area contributed by atoms with Gasteiger partial charge in [0, 0.05) is 50.3 Å². The van der Waals surface area contributed by atoms with Crippen LogP contribution in [0.5, 0.6) is 0 Å². The number of nitrogen functional groups attached to an aromatic ring is 1. The molecule has 2 fully saturated rings. The third-order valence-electron chi connectivity index (χ3n) is 13.3. The Hall–Kier alpha value is -4.77. The first kappa shape index (κ1) is 66.4. The van der Waals surface area contributed by atoms with Gasteiger partial charge in [0.15, 0.2) is 23.7 Å². The molecule has 1 aromatic carbocycles. The van der Waals surface area contributed by atoms with Crippen molar-refractivity contribution in [2.75, 3.05) is 62.7 Å². The van der Waals surface area contributed by atoms with Crippen molar-refractivity contribution in [2.45, 2.75) is 114 Å². The van der Waals surface area contributed by atoms with E-state index in [-0.39, 0.29) is 96.0 Å². The summed E-state index contributed by atoms with van der Waals surface area (Å²) in [4.78, 5) is 111. The fourth-order valence-corrected chi connectivity index (χ4v) is 14.2. The molecule has 7 unspecified atom stereocenters. The third-order valence-corrected chi connectivity index (χ3v) is 18.9. The summed E-state index contributed by atoms with van der Waals surface area (Å²) < 4.78 is 93.5. The van der Waals surface area contributed by atoms with Gasteiger partial charge in [-0.25, -0.2) is 37.1 Å². The van der Waals surface area contributed by atoms with Crippen LogP contribution in [0.3, 0.4) is 0 Å². The molecule has 5 heterocycles. The van der Waals surface area contributed by atoms with Crippen LogP contribution in [0.25, 0.3) is 11.2 Å². The second kappa shape index (κ2) is 28.0. The lowest BCUT2D eigenvalue weighted by atomic mass is 9.87. The van der Waals surface area contributed by atoms with Gasteiger partial charge in [0.2, 0.25) is 32.9 Å². The Morgan fingerprint density at radius 2 is 1.74 bits per heavy atom. The number of ether oxygens (including phenoxy) is 1. The quantitative estimate of drug-likeness (QED) is 0.0185. The summed E-state index contributed by atoms with van der Waals surface area (Å²) in [6, 6.07) is 2.78. The van der Waals surface area contributed by atoms with Gasteiger partial charge in [0.05, 0.1) is 25.2 Å². The number of para-hydroxylation sites is 1. The number of likely N-dealkylation sites (tertiary alicyclic amines) is 1. The number of fused-ring (bicyclic) bond motifs is 2. The molecule has 3 amide bonds. The van der Waals surface area contributed by atoms with Gasteiger partial charge < -0.3 is 72.6 Å². The molecule has 0 aliphatic carbocycles. The normalized spacial score (nSPS) is 23.6. The number of nitrogens with one attached hydrogen (secondary N) is 4. The fourth-order valence-electron chi connectivity index (χ4n) is 9.09. The molecule has 0 saturated carbocycles. The molecule has 33 nitrogen and oxygen atoms in total. The van der Waals surface area contributed by atoms with E-state index in [0.717, 1.165) is 34.5 Å². The highest BCUT2D eigenvalue weighted by Gasteiger charge is 2.50. The Morgan fingerprint density at radius 1 is 1.02 bits per heavy atom. The van der Waals surface area contributed by atoms with Crippen molar-refractivity contribution >= 4 is 96.7 Å². The molecular weight excluding hydrogens is 1190 g/mol. The smallest absolute Gasteiger partial charge is 0.386 e. The number of piperidine rings is 1. The predicted octanol–water partition coefficient (Wildman–Crippen LogP) is -0.703. The van der Waals surface area contributed by atoms with Crippen molar-refractivity contribution in [1.82, 2.24) is 39.8 Å². The number of anilines is 2. The highest BCUT2D eigenvalue weighted by Crippen LogP contribution is 2.61. The molecule has 3 aliphatic heterocycles. The maximum Gasteiger partial charge on any atom is 0.481 e. The average molecular weight is 1260 g/mol. The van der Waals surface area contributed by atoms with Crippen LogP contribution in [-0.2, 0) is 71.9 Å². The number of aromatic nitrogens is 4. The molecule has 0 bridgehead atoms. The first-order valence-electron chi connectivity index (χ1n) is 25.6. The summed E-state index contributed by atoms with van der Waals surface area (Å²) in [7, 11) is -20.9. The van der Waals surface area contributed by atoms with E-state index in [1.807, 2.05) is 19.9 Å². The Morgan fingerprint density at radius 3 is 2.45 bits per heavy atom. The number of carbonyl (C=O) groups excluding carboxylic acids is 4. The number of sulfonamides is 1. The SMILES string of the molecule is C[C@@H]1CCN(C(=O)[C@H](CCCN=C(N)N)NS(=O)(=O)c2cccc3c2NC[C@H](C)C3)[C@@H](C(=O)SCCNC(=O)CCNC(=O)C(O)C(C)(C)COP(=O)(O)OP(=O)(O)OCC2OC(n3cnc4c(N)ncnc43)C(O)C2OP(=O)(O)O)C1. The number of aliphatic imine (C=N–C) groups is 1. The van der Waals surface area contributed by atoms with Gasteiger partial charge in [-0.2, -0.15) is 9.03 Å². The minimum absolute atomic E-state index is 0.00158. The Balaban J connectivity index is 0.943. The molecule has 2 saturated heterocycles. The molecule has 2 aromatic heterocycles. The van der Waals surface area contributed by atoms with Gasteiger partial charge in [-0.3, -0.25) is 42.3 Å². The first-order chi connectivity index (χ1) is 38.3. The number of nitrogens with zero attached hydrogens (tertiary/aromatic N) is 6. The molecule has 6 rings (SSSR count). The molecule has 11 atom stereocenters. The van der Waals surface area contributed by atoms with E-state index in [4.69, 9.17) is 31.0 Å². The Kier molecular flexibility index (Phi) is 22.6. The van der Waals surface area contributed by atoms with Gasteiger partial charge in [0.25, 0.3) is 0 Å². The molecule has 458 valence electrons. The van der Waals surface area contributed by atoms with Crippen molar-refractivity contribution in [3.63, 3.8) is 0 Å². The predicted molar refractivity (Wildman–Crippen MR) is 293 cm³/mol. The van der Waals surface area contributed by atoms with Crippen molar-refractivity contribution in [3.8, 4) is 0 Å². The minimum atomic E-state index is -5.64. The van der Waals surface area contributed by atoms with Crippen LogP contribution in [-0.4, -0.2) is 180 Å². The van der Waals surface area contributed by atoms with Crippen molar-refractivity contribution in [2.24, 2.45) is 33.7 Å². The summed E-state index contributed by atoms with van der Waals surface area (Å²) in [6.07, 6.45) is -5.52. The number of aliphatic hydroxyl groups excluding tert-OH is 2. The first-order valence-corrected chi connectivity index (χ1v) is 32.6. The molecule has 38 heteroatoms. The number of thioether (sulfide) groups is 1. The van der Waals surface area contributed by atoms with E-state index in [2.05, 4.69) is 49.5 Å². The number of benzene rings is 1. The van der Waals surface area contributed by atoms with Gasteiger partial charge in [-0.1, -0.05) is 51.6 Å². The number of aliphatic hydroxyl groups is 2. The number of hydrogen-bond donors (Lipinski definition) is 13. The highest BCUT2D eigenvalue weighted by atomic mass is 32.2. The van der Waals surface area contributed by atoms with E-state index in [0.29, 0.717) is 31.5 Å². The topological polar surface area (TPSA) is 507 Å². The summed E-state index contributed by atoms with van der Waals surface area (Å²) in [5, 5.41) is 29.6. The van der Waals surface area contributed by atoms with Crippen molar-refractivity contribution in [3.05, 3.63) is 36.4 Å². The molecule has 16 N–H and O–H groups in total. The maximum absolute atomic E-state index is 14.4. The van der Waals surface area contributed by atoms with Crippen molar-refractivity contribution in [1.29, 1.82) is 0 Å². The van der Waals surface area contributed by atoms with E-state index in [1.54, 1.807) is 6.07 Å². The number of imidazole rings is 1. The molecular formula is C44H70N13O20P3S2. The maximum atomic E-state index is 14.4. The highest BCUT2D eigenvalue weighted by molar-refractivity contribution is 8.13. The zero-order valence-electron chi connectivity index (χ0n) is 45.0. The Bertz CT molecular complexity index is 3080. The van der Waals surface area contributed by atoms with E-state index in [1.165, 1.54) is 24.8 Å². The molecule has 82 heavy (non-hydrogen) atoms. The summed E-state index contributed by atoms with van der Waals surface area (Å²) in [5.41, 5.74) is 16.4. The minimum Gasteiger partial charge on any atom is -0.386 e. The lowest BCUT2D eigenvalue weighted by Crippen LogP contribution is -2.56. The van der Waals surface area contributed by atoms with Crippen LogP contribution in [0, 0.1) is 17.3 Å².